The third kappa shape index (κ3) is 4.33. The average Bonchev–Trinajstić information content (AvgIpc) is 3.24. The summed E-state index contributed by atoms with van der Waals surface area (Å²) in [4.78, 5) is 0. The van der Waals surface area contributed by atoms with Crippen LogP contribution in [0.3, 0.4) is 0 Å². The molecule has 1 heterocycles. The van der Waals surface area contributed by atoms with Crippen molar-refractivity contribution in [2.75, 3.05) is 13.2 Å². The van der Waals surface area contributed by atoms with E-state index in [0.717, 1.165) is 19.3 Å². The molecule has 1 aromatic rings. The molecular formula is C27H40O4Si. The van der Waals surface area contributed by atoms with Gasteiger partial charge in [0.05, 0.1) is 25.2 Å². The Kier molecular flexibility index (Phi) is 6.66. The van der Waals surface area contributed by atoms with E-state index in [1.54, 1.807) is 0 Å². The zero-order valence-electron chi connectivity index (χ0n) is 20.6. The van der Waals surface area contributed by atoms with Crippen molar-refractivity contribution in [3.05, 3.63) is 35.9 Å². The molecular weight excluding hydrogens is 416 g/mol. The first kappa shape index (κ1) is 24.0. The highest BCUT2D eigenvalue weighted by molar-refractivity contribution is 6.74. The molecule has 0 aromatic heterocycles. The van der Waals surface area contributed by atoms with Crippen LogP contribution in [0.1, 0.15) is 46.1 Å². The second kappa shape index (κ2) is 8.89. The third-order valence-corrected chi connectivity index (χ3v) is 12.9. The Morgan fingerprint density at radius 1 is 1.16 bits per heavy atom. The molecule has 1 spiro atoms. The number of rotatable bonds is 4. The first-order valence-electron chi connectivity index (χ1n) is 12.2. The number of hydrogen-bond acceptors (Lipinski definition) is 4. The Balaban J connectivity index is 1.57. The second-order valence-corrected chi connectivity index (χ2v) is 16.2. The third-order valence-electron chi connectivity index (χ3n) is 8.45. The molecule has 4 rings (SSSR count). The molecule has 1 aromatic carbocycles. The van der Waals surface area contributed by atoms with Crippen LogP contribution in [0.15, 0.2) is 30.3 Å². The maximum absolute atomic E-state index is 10.9. The molecule has 3 aliphatic rings. The van der Waals surface area contributed by atoms with Gasteiger partial charge in [0.1, 0.15) is 6.10 Å². The minimum atomic E-state index is -1.99. The predicted octanol–water partition coefficient (Wildman–Crippen LogP) is 5.02. The van der Waals surface area contributed by atoms with Crippen LogP contribution in [0.2, 0.25) is 18.1 Å². The van der Waals surface area contributed by atoms with Crippen LogP contribution in [0.4, 0.5) is 0 Å². The van der Waals surface area contributed by atoms with Gasteiger partial charge < -0.3 is 19.0 Å². The predicted molar refractivity (Wildman–Crippen MR) is 130 cm³/mol. The molecule has 2 aliphatic carbocycles. The standard InChI is InChI=1S/C27H40O4Si/c1-19-25-22(24(28)15-14-23(25)27(19)29-16-17-30-27)13-12-21(18-20-10-8-7-9-11-20)31-32(5,6)26(2,3)4/h7-11,19,21-25,28H,14-18H2,1-6H3/t19?,21-,22-,23-,24+,25+/m0/s1. The van der Waals surface area contributed by atoms with E-state index < -0.39 is 20.2 Å². The van der Waals surface area contributed by atoms with Gasteiger partial charge >= 0.3 is 0 Å². The Hall–Kier alpha value is -1.16. The lowest BCUT2D eigenvalue weighted by Gasteiger charge is -2.61. The van der Waals surface area contributed by atoms with Crippen LogP contribution >= 0.6 is 0 Å². The van der Waals surface area contributed by atoms with Crippen LogP contribution in [0.5, 0.6) is 0 Å². The van der Waals surface area contributed by atoms with E-state index in [4.69, 9.17) is 13.9 Å². The average molecular weight is 457 g/mol. The molecule has 1 aliphatic heterocycles. The minimum Gasteiger partial charge on any atom is -0.403 e. The maximum atomic E-state index is 10.9. The molecule has 1 N–H and O–H groups in total. The van der Waals surface area contributed by atoms with Crippen LogP contribution in [0, 0.1) is 35.5 Å². The van der Waals surface area contributed by atoms with Crippen molar-refractivity contribution < 1.29 is 19.0 Å². The van der Waals surface area contributed by atoms with Crippen molar-refractivity contribution in [1.82, 2.24) is 0 Å². The Labute approximate surface area is 195 Å². The number of fused-ring (bicyclic) bond motifs is 2. The number of benzene rings is 1. The van der Waals surface area contributed by atoms with Gasteiger partial charge in [-0.1, -0.05) is 69.9 Å². The van der Waals surface area contributed by atoms with Gasteiger partial charge in [0.2, 0.25) is 0 Å². The zero-order valence-corrected chi connectivity index (χ0v) is 21.6. The van der Waals surface area contributed by atoms with Gasteiger partial charge in [-0.3, -0.25) is 0 Å². The molecule has 3 fully saturated rings. The molecule has 1 saturated heterocycles. The summed E-state index contributed by atoms with van der Waals surface area (Å²) < 4.78 is 18.9. The first-order chi connectivity index (χ1) is 15.1. The van der Waals surface area contributed by atoms with Gasteiger partial charge in [-0.05, 0) is 42.5 Å². The SMILES string of the molecule is CC1[C@@H]2[C@@H](C#C[C@@H](Cc3ccccc3)O[Si](C)(C)C(C)(C)C)[C@H](O)CC[C@@H]2C12OCCO2. The lowest BCUT2D eigenvalue weighted by atomic mass is 9.50. The first-order valence-corrected chi connectivity index (χ1v) is 15.1. The van der Waals surface area contributed by atoms with Crippen LogP contribution in [0.25, 0.3) is 0 Å². The van der Waals surface area contributed by atoms with Crippen molar-refractivity contribution in [2.45, 2.75) is 83.1 Å². The van der Waals surface area contributed by atoms with Gasteiger partial charge in [-0.25, -0.2) is 0 Å². The smallest absolute Gasteiger partial charge is 0.193 e. The molecule has 1 unspecified atom stereocenters. The van der Waals surface area contributed by atoms with E-state index in [2.05, 4.69) is 76.9 Å². The molecule has 176 valence electrons. The van der Waals surface area contributed by atoms with Crippen LogP contribution < -0.4 is 0 Å². The summed E-state index contributed by atoms with van der Waals surface area (Å²) in [6.07, 6.45) is 1.91. The van der Waals surface area contributed by atoms with E-state index in [1.807, 2.05) is 6.07 Å². The highest BCUT2D eigenvalue weighted by Crippen LogP contribution is 2.61. The Morgan fingerprint density at radius 2 is 1.81 bits per heavy atom. The van der Waals surface area contributed by atoms with Gasteiger partial charge in [-0.15, -0.1) is 0 Å². The monoisotopic (exact) mass is 456 g/mol. The molecule has 4 nitrogen and oxygen atoms in total. The number of hydrogen-bond donors (Lipinski definition) is 1. The number of aliphatic hydroxyl groups is 1. The summed E-state index contributed by atoms with van der Waals surface area (Å²) in [6, 6.07) is 10.5. The second-order valence-electron chi connectivity index (χ2n) is 11.4. The largest absolute Gasteiger partial charge is 0.403 e. The van der Waals surface area contributed by atoms with Crippen LogP contribution in [-0.2, 0) is 20.3 Å². The van der Waals surface area contributed by atoms with Gasteiger partial charge in [0.15, 0.2) is 14.1 Å². The summed E-state index contributed by atoms with van der Waals surface area (Å²) in [7, 11) is -1.99. The van der Waals surface area contributed by atoms with Crippen LogP contribution in [-0.4, -0.2) is 44.6 Å². The summed E-state index contributed by atoms with van der Waals surface area (Å²) in [5.41, 5.74) is 1.23. The molecule has 6 atom stereocenters. The number of ether oxygens (including phenoxy) is 2. The van der Waals surface area contributed by atoms with Crippen molar-refractivity contribution in [3.63, 3.8) is 0 Å². The summed E-state index contributed by atoms with van der Waals surface area (Å²) in [5.74, 6) is 7.42. The minimum absolute atomic E-state index is 0.0523. The summed E-state index contributed by atoms with van der Waals surface area (Å²) in [6.45, 7) is 14.9. The molecule has 0 bridgehead atoms. The fraction of sp³-hybridized carbons (Fsp3) is 0.704. The quantitative estimate of drug-likeness (QED) is 0.511. The van der Waals surface area contributed by atoms with Gasteiger partial charge in [0, 0.05) is 18.3 Å². The lowest BCUT2D eigenvalue weighted by Crippen LogP contribution is -2.67. The fourth-order valence-corrected chi connectivity index (χ4v) is 6.84. The Morgan fingerprint density at radius 3 is 2.44 bits per heavy atom. The summed E-state index contributed by atoms with van der Waals surface area (Å²) in [5, 5.41) is 11.0. The van der Waals surface area contributed by atoms with Gasteiger partial charge in [-0.2, -0.15) is 0 Å². The maximum Gasteiger partial charge on any atom is 0.193 e. The van der Waals surface area contributed by atoms with Crippen molar-refractivity contribution >= 4 is 8.32 Å². The van der Waals surface area contributed by atoms with E-state index in [9.17, 15) is 5.11 Å². The highest BCUT2D eigenvalue weighted by atomic mass is 28.4. The molecule has 2 saturated carbocycles. The van der Waals surface area contributed by atoms with E-state index in [1.165, 1.54) is 5.56 Å². The van der Waals surface area contributed by atoms with Crippen molar-refractivity contribution in [2.24, 2.45) is 23.7 Å². The molecule has 32 heavy (non-hydrogen) atoms. The topological polar surface area (TPSA) is 47.9 Å². The van der Waals surface area contributed by atoms with E-state index in [-0.39, 0.29) is 23.0 Å². The highest BCUT2D eigenvalue weighted by Gasteiger charge is 2.67. The van der Waals surface area contributed by atoms with E-state index in [0.29, 0.717) is 25.0 Å². The summed E-state index contributed by atoms with van der Waals surface area (Å²) >= 11 is 0. The number of aliphatic hydroxyl groups excluding tert-OH is 1. The lowest BCUT2D eigenvalue weighted by molar-refractivity contribution is -0.334. The Bertz CT molecular complexity index is 844. The van der Waals surface area contributed by atoms with Crippen molar-refractivity contribution in [1.29, 1.82) is 0 Å². The van der Waals surface area contributed by atoms with Gasteiger partial charge in [0.25, 0.3) is 0 Å². The van der Waals surface area contributed by atoms with E-state index >= 15 is 0 Å². The zero-order chi connectivity index (χ0) is 23.1. The molecule has 0 amide bonds. The fourth-order valence-electron chi connectivity index (χ4n) is 5.63. The molecule has 5 heteroatoms. The van der Waals surface area contributed by atoms with Crippen molar-refractivity contribution in [3.8, 4) is 11.8 Å². The normalized spacial score (nSPS) is 32.5. The molecule has 0 radical (unpaired) electrons.